The molecule has 3 aliphatic rings. The van der Waals surface area contributed by atoms with Gasteiger partial charge in [-0.05, 0) is 155 Å². The van der Waals surface area contributed by atoms with Crippen LogP contribution in [0.25, 0.3) is 66.4 Å². The summed E-state index contributed by atoms with van der Waals surface area (Å²) in [7, 11) is 0. The highest BCUT2D eigenvalue weighted by molar-refractivity contribution is 5.94. The van der Waals surface area contributed by atoms with E-state index in [0.29, 0.717) is 0 Å². The second kappa shape index (κ2) is 14.4. The number of nitrogens with zero attached hydrogens (tertiary/aromatic N) is 1. The molecule has 1 unspecified atom stereocenters. The minimum absolute atomic E-state index is 0.111. The summed E-state index contributed by atoms with van der Waals surface area (Å²) in [4.78, 5) is 2.46. The van der Waals surface area contributed by atoms with Crippen LogP contribution < -0.4 is 4.90 Å². The third-order valence-corrected chi connectivity index (χ3v) is 15.1. The van der Waals surface area contributed by atoms with Crippen molar-refractivity contribution in [2.45, 2.75) is 37.5 Å². The SMILES string of the molecule is CC1(C)c2ccccc2-c2cccc(-c3ccccc3-c3ccc(N(c4ccc(-c5ccc6ccccc6c5)cc4)c4ccc5c(c4)C4(CCc6ccccc64)c4ccccc4-5)cc3)c21. The summed E-state index contributed by atoms with van der Waals surface area (Å²) < 4.78 is 0. The molecule has 0 aromatic heterocycles. The molecule has 10 aromatic rings. The van der Waals surface area contributed by atoms with Gasteiger partial charge >= 0.3 is 0 Å². The van der Waals surface area contributed by atoms with E-state index < -0.39 is 0 Å². The first-order valence-corrected chi connectivity index (χ1v) is 23.1. The zero-order chi connectivity index (χ0) is 43.3. The topological polar surface area (TPSA) is 3.24 Å². The smallest absolute Gasteiger partial charge is 0.0470 e. The summed E-state index contributed by atoms with van der Waals surface area (Å²) >= 11 is 0. The van der Waals surface area contributed by atoms with Crippen LogP contribution in [0, 0.1) is 0 Å². The molecule has 0 heterocycles. The maximum Gasteiger partial charge on any atom is 0.0470 e. The molecule has 0 amide bonds. The molecule has 0 bridgehead atoms. The number of fused-ring (bicyclic) bond motifs is 11. The minimum atomic E-state index is -0.175. The molecular weight excluding hydrogens is 783 g/mol. The highest BCUT2D eigenvalue weighted by Crippen LogP contribution is 2.59. The van der Waals surface area contributed by atoms with E-state index in [1.807, 2.05) is 0 Å². The van der Waals surface area contributed by atoms with Crippen molar-refractivity contribution in [3.63, 3.8) is 0 Å². The van der Waals surface area contributed by atoms with Crippen LogP contribution in [0.5, 0.6) is 0 Å². The average molecular weight is 830 g/mol. The van der Waals surface area contributed by atoms with Crippen LogP contribution in [0.2, 0.25) is 0 Å². The second-order valence-corrected chi connectivity index (χ2v) is 18.8. The van der Waals surface area contributed by atoms with E-state index >= 15 is 0 Å². The molecule has 0 N–H and O–H groups in total. The standard InChI is InChI=1S/C64H47N/c1-63(2)59-24-11-8-20-54(59)57-22-13-21-56(62(57)63)52-18-7-6-17-51(52)44-30-34-49(35-31-44)65(48-32-28-43(29-33-48)47-27-26-42-14-3-4-16-46(42)40-47)50-36-37-55-53-19-9-12-25-60(53)64(61(55)41-50)39-38-45-15-5-10-23-58(45)64/h3-37,40-41H,38-39H2,1-2H3. The van der Waals surface area contributed by atoms with Gasteiger partial charge in [0, 0.05) is 27.9 Å². The van der Waals surface area contributed by atoms with Gasteiger partial charge in [0.25, 0.3) is 0 Å². The van der Waals surface area contributed by atoms with Crippen molar-refractivity contribution in [1.82, 2.24) is 0 Å². The summed E-state index contributed by atoms with van der Waals surface area (Å²) in [6, 6.07) is 84.1. The van der Waals surface area contributed by atoms with Crippen molar-refractivity contribution in [2.24, 2.45) is 0 Å². The molecule has 0 saturated heterocycles. The number of benzene rings is 10. The molecule has 1 nitrogen and oxygen atoms in total. The Morgan fingerprint density at radius 1 is 0.338 bits per heavy atom. The first kappa shape index (κ1) is 37.8. The van der Waals surface area contributed by atoms with Crippen LogP contribution in [-0.2, 0) is 17.3 Å². The van der Waals surface area contributed by atoms with Crippen molar-refractivity contribution in [1.29, 1.82) is 0 Å². The van der Waals surface area contributed by atoms with Crippen LogP contribution in [-0.4, -0.2) is 0 Å². The molecule has 1 atom stereocenters. The Morgan fingerprint density at radius 2 is 0.862 bits per heavy atom. The number of hydrogen-bond acceptors (Lipinski definition) is 1. The van der Waals surface area contributed by atoms with Crippen LogP contribution in [0.3, 0.4) is 0 Å². The summed E-state index contributed by atoms with van der Waals surface area (Å²) in [5, 5.41) is 2.51. The van der Waals surface area contributed by atoms with Gasteiger partial charge < -0.3 is 4.90 Å². The number of rotatable bonds is 6. The van der Waals surface area contributed by atoms with E-state index in [4.69, 9.17) is 0 Å². The predicted octanol–water partition coefficient (Wildman–Crippen LogP) is 16.9. The molecule has 1 spiro atoms. The van der Waals surface area contributed by atoms with Gasteiger partial charge in [0.2, 0.25) is 0 Å². The van der Waals surface area contributed by atoms with Crippen LogP contribution in [0.15, 0.2) is 224 Å². The number of hydrogen-bond donors (Lipinski definition) is 0. The van der Waals surface area contributed by atoms with E-state index in [-0.39, 0.29) is 10.8 Å². The molecule has 10 aromatic carbocycles. The number of aryl methyl sites for hydroxylation is 1. The van der Waals surface area contributed by atoms with Gasteiger partial charge in [-0.1, -0.05) is 196 Å². The van der Waals surface area contributed by atoms with E-state index in [2.05, 4.69) is 243 Å². The predicted molar refractivity (Wildman–Crippen MR) is 273 cm³/mol. The monoisotopic (exact) mass is 829 g/mol. The molecule has 65 heavy (non-hydrogen) atoms. The highest BCUT2D eigenvalue weighted by atomic mass is 15.1. The largest absolute Gasteiger partial charge is 0.310 e. The Balaban J connectivity index is 0.941. The van der Waals surface area contributed by atoms with E-state index in [1.54, 1.807) is 0 Å². The van der Waals surface area contributed by atoms with Crippen LogP contribution in [0.1, 0.15) is 53.6 Å². The third-order valence-electron chi connectivity index (χ3n) is 15.1. The summed E-state index contributed by atoms with van der Waals surface area (Å²) in [5.41, 5.74) is 24.5. The lowest BCUT2D eigenvalue weighted by Gasteiger charge is -2.31. The first-order valence-electron chi connectivity index (χ1n) is 23.1. The molecule has 0 aliphatic heterocycles. The molecule has 308 valence electrons. The first-order chi connectivity index (χ1) is 32.0. The molecule has 1 heteroatoms. The summed E-state index contributed by atoms with van der Waals surface area (Å²) in [6.07, 6.45) is 2.15. The Morgan fingerprint density at radius 3 is 1.62 bits per heavy atom. The Kier molecular flexibility index (Phi) is 8.37. The van der Waals surface area contributed by atoms with Gasteiger partial charge in [-0.25, -0.2) is 0 Å². The zero-order valence-electron chi connectivity index (χ0n) is 36.7. The minimum Gasteiger partial charge on any atom is -0.310 e. The molecule has 0 radical (unpaired) electrons. The van der Waals surface area contributed by atoms with Gasteiger partial charge in [0.1, 0.15) is 0 Å². The molecule has 13 rings (SSSR count). The lowest BCUT2D eigenvalue weighted by Crippen LogP contribution is -2.24. The quantitative estimate of drug-likeness (QED) is 0.161. The lowest BCUT2D eigenvalue weighted by atomic mass is 9.73. The second-order valence-electron chi connectivity index (χ2n) is 18.8. The third kappa shape index (κ3) is 5.65. The van der Waals surface area contributed by atoms with Crippen molar-refractivity contribution >= 4 is 27.8 Å². The van der Waals surface area contributed by atoms with Crippen molar-refractivity contribution in [3.05, 3.63) is 258 Å². The zero-order valence-corrected chi connectivity index (χ0v) is 36.7. The van der Waals surface area contributed by atoms with Gasteiger partial charge in [0.15, 0.2) is 0 Å². The van der Waals surface area contributed by atoms with Crippen LogP contribution in [0.4, 0.5) is 17.1 Å². The fourth-order valence-electron chi connectivity index (χ4n) is 12.1. The van der Waals surface area contributed by atoms with Crippen molar-refractivity contribution in [2.75, 3.05) is 4.90 Å². The Bertz CT molecular complexity index is 3520. The summed E-state index contributed by atoms with van der Waals surface area (Å²) in [6.45, 7) is 4.76. The molecule has 0 fully saturated rings. The highest BCUT2D eigenvalue weighted by Gasteiger charge is 2.48. The van der Waals surface area contributed by atoms with Gasteiger partial charge in [0.05, 0.1) is 0 Å². The molecule has 0 saturated carbocycles. The molecular formula is C64H47N. The van der Waals surface area contributed by atoms with Crippen LogP contribution >= 0.6 is 0 Å². The normalized spacial score (nSPS) is 15.9. The van der Waals surface area contributed by atoms with Crippen molar-refractivity contribution in [3.8, 4) is 55.6 Å². The van der Waals surface area contributed by atoms with Gasteiger partial charge in [-0.15, -0.1) is 0 Å². The molecule has 3 aliphatic carbocycles. The number of anilines is 3. The van der Waals surface area contributed by atoms with E-state index in [1.165, 1.54) is 99.8 Å². The fourth-order valence-corrected chi connectivity index (χ4v) is 12.1. The Hall–Kier alpha value is -7.74. The summed E-state index contributed by atoms with van der Waals surface area (Å²) in [5.74, 6) is 0. The van der Waals surface area contributed by atoms with E-state index in [9.17, 15) is 0 Å². The van der Waals surface area contributed by atoms with Gasteiger partial charge in [-0.2, -0.15) is 0 Å². The maximum atomic E-state index is 2.51. The average Bonchev–Trinajstić information content (AvgIpc) is 3.97. The maximum absolute atomic E-state index is 2.51. The van der Waals surface area contributed by atoms with E-state index in [0.717, 1.165) is 29.9 Å². The fraction of sp³-hybridized carbons (Fsp3) is 0.0938. The van der Waals surface area contributed by atoms with Crippen molar-refractivity contribution < 1.29 is 0 Å². The Labute approximate surface area is 382 Å². The van der Waals surface area contributed by atoms with Gasteiger partial charge in [-0.3, -0.25) is 0 Å². The lowest BCUT2D eigenvalue weighted by molar-refractivity contribution is 0.626.